The van der Waals surface area contributed by atoms with Crippen LogP contribution in [0.2, 0.25) is 0 Å². The van der Waals surface area contributed by atoms with Gasteiger partial charge in [-0.1, -0.05) is 24.3 Å². The number of hydrogen-bond donors (Lipinski definition) is 3. The molecule has 41 heavy (non-hydrogen) atoms. The molecule has 4 rings (SSSR count). The summed E-state index contributed by atoms with van der Waals surface area (Å²) in [4.78, 5) is 37.7. The van der Waals surface area contributed by atoms with Gasteiger partial charge in [-0.3, -0.25) is 4.79 Å². The number of nitrogens with one attached hydrogen (secondary N) is 3. The van der Waals surface area contributed by atoms with Gasteiger partial charge in [0.05, 0.1) is 38.1 Å². The van der Waals surface area contributed by atoms with Crippen molar-refractivity contribution < 1.29 is 37.4 Å². The molecular weight excluding hydrogens is 536 g/mol. The van der Waals surface area contributed by atoms with Crippen molar-refractivity contribution >= 4 is 29.2 Å². The molecule has 9 nitrogen and oxygen atoms in total. The molecule has 1 aliphatic heterocycles. The number of Topliss-reactive ketones (excluding diaryl/α,β-unsaturated/α-hetero) is 1. The van der Waals surface area contributed by atoms with Crippen LogP contribution in [0.25, 0.3) is 0 Å². The van der Waals surface area contributed by atoms with E-state index in [1.807, 2.05) is 25.1 Å². The minimum atomic E-state index is -2.98. The van der Waals surface area contributed by atoms with E-state index in [0.29, 0.717) is 22.7 Å². The quantitative estimate of drug-likeness (QED) is 0.296. The van der Waals surface area contributed by atoms with Crippen molar-refractivity contribution in [1.29, 1.82) is 0 Å². The third kappa shape index (κ3) is 7.57. The van der Waals surface area contributed by atoms with Crippen LogP contribution in [0.1, 0.15) is 27.9 Å². The van der Waals surface area contributed by atoms with Crippen LogP contribution in [0.3, 0.4) is 0 Å². The van der Waals surface area contributed by atoms with Crippen molar-refractivity contribution in [2.45, 2.75) is 37.8 Å². The summed E-state index contributed by atoms with van der Waals surface area (Å²) in [5.41, 5.74) is 2.75. The first-order valence-corrected chi connectivity index (χ1v) is 12.9. The van der Waals surface area contributed by atoms with Gasteiger partial charge in [0.1, 0.15) is 11.5 Å². The van der Waals surface area contributed by atoms with E-state index < -0.39 is 48.8 Å². The van der Waals surface area contributed by atoms with Crippen LogP contribution in [0, 0.1) is 6.92 Å². The van der Waals surface area contributed by atoms with Gasteiger partial charge in [-0.25, -0.2) is 18.4 Å². The highest BCUT2D eigenvalue weighted by Gasteiger charge is 2.45. The monoisotopic (exact) mass is 567 g/mol. The van der Waals surface area contributed by atoms with Crippen LogP contribution in [0.15, 0.2) is 66.7 Å². The number of para-hydroxylation sites is 1. The number of carbonyl (C=O) groups is 3. The summed E-state index contributed by atoms with van der Waals surface area (Å²) < 4.78 is 44.1. The van der Waals surface area contributed by atoms with Gasteiger partial charge in [0, 0.05) is 18.5 Å². The van der Waals surface area contributed by atoms with Crippen molar-refractivity contribution in [3.05, 3.63) is 83.4 Å². The number of ether oxygens (including phenoxy) is 3. The number of alkyl halides is 2. The molecule has 2 amide bonds. The lowest BCUT2D eigenvalue weighted by Crippen LogP contribution is -2.45. The van der Waals surface area contributed by atoms with E-state index >= 15 is 0 Å². The van der Waals surface area contributed by atoms with Crippen LogP contribution in [0.4, 0.5) is 25.0 Å². The standard InChI is InChI=1S/C30H31F2N3O6/c1-18-6-4-5-7-22(18)34-29(38)35-23-13-8-19(15-26(23)39-2)14-25(36)27(24-16-30(31,32)17-33-24)41-21-11-9-20(10-12-21)28(37)40-3/h4-13,15,24,27,33H,14,16-17H2,1-3H3,(H2,34,35,38). The van der Waals surface area contributed by atoms with Crippen molar-refractivity contribution in [2.75, 3.05) is 31.4 Å². The fraction of sp³-hybridized carbons (Fsp3) is 0.300. The number of anilines is 2. The number of carbonyl (C=O) groups excluding carboxylic acids is 3. The molecule has 1 heterocycles. The molecule has 3 N–H and O–H groups in total. The molecular formula is C30H31F2N3O6. The number of esters is 1. The second-order valence-electron chi connectivity index (χ2n) is 9.67. The number of halogens is 2. The predicted octanol–water partition coefficient (Wildman–Crippen LogP) is 4.99. The number of methoxy groups -OCH3 is 2. The van der Waals surface area contributed by atoms with E-state index in [4.69, 9.17) is 9.47 Å². The molecule has 2 unspecified atom stereocenters. The zero-order valence-corrected chi connectivity index (χ0v) is 22.8. The fourth-order valence-electron chi connectivity index (χ4n) is 4.51. The highest BCUT2D eigenvalue weighted by atomic mass is 19.3. The van der Waals surface area contributed by atoms with Crippen molar-refractivity contribution in [1.82, 2.24) is 5.32 Å². The van der Waals surface area contributed by atoms with Crippen molar-refractivity contribution in [3.63, 3.8) is 0 Å². The summed E-state index contributed by atoms with van der Waals surface area (Å²) in [5, 5.41) is 8.21. The number of urea groups is 1. The van der Waals surface area contributed by atoms with E-state index in [1.54, 1.807) is 24.3 Å². The summed E-state index contributed by atoms with van der Waals surface area (Å²) in [5.74, 6) is -3.39. The van der Waals surface area contributed by atoms with Crippen molar-refractivity contribution in [2.24, 2.45) is 0 Å². The number of hydrogen-bond acceptors (Lipinski definition) is 7. The molecule has 3 aromatic carbocycles. The Morgan fingerprint density at radius 1 is 1.00 bits per heavy atom. The highest BCUT2D eigenvalue weighted by molar-refractivity contribution is 6.01. The number of ketones is 1. The Morgan fingerprint density at radius 3 is 2.34 bits per heavy atom. The van der Waals surface area contributed by atoms with E-state index in [-0.39, 0.29) is 17.7 Å². The minimum Gasteiger partial charge on any atom is -0.495 e. The molecule has 1 fully saturated rings. The number of benzene rings is 3. The van der Waals surface area contributed by atoms with Crippen LogP contribution in [-0.4, -0.2) is 56.6 Å². The molecule has 0 aromatic heterocycles. The molecule has 11 heteroatoms. The molecule has 0 bridgehead atoms. The maximum Gasteiger partial charge on any atom is 0.337 e. The minimum absolute atomic E-state index is 0.138. The van der Waals surface area contributed by atoms with E-state index in [0.717, 1.165) is 5.56 Å². The molecule has 1 aliphatic rings. The van der Waals surface area contributed by atoms with Gasteiger partial charge in [0.15, 0.2) is 11.9 Å². The topological polar surface area (TPSA) is 115 Å². The Balaban J connectivity index is 1.48. The average molecular weight is 568 g/mol. The summed E-state index contributed by atoms with van der Waals surface area (Å²) in [6, 6.07) is 16.7. The van der Waals surface area contributed by atoms with E-state index in [9.17, 15) is 23.2 Å². The first-order chi connectivity index (χ1) is 19.6. The molecule has 3 aromatic rings. The van der Waals surface area contributed by atoms with Gasteiger partial charge in [-0.2, -0.15) is 0 Å². The SMILES string of the molecule is COC(=O)c1ccc(OC(C(=O)Cc2ccc(NC(=O)Nc3ccccc3C)c(OC)c2)C2CC(F)(F)CN2)cc1. The largest absolute Gasteiger partial charge is 0.495 e. The number of aryl methyl sites for hydroxylation is 1. The fourth-order valence-corrected chi connectivity index (χ4v) is 4.51. The van der Waals surface area contributed by atoms with Gasteiger partial charge in [0.2, 0.25) is 0 Å². The summed E-state index contributed by atoms with van der Waals surface area (Å²) >= 11 is 0. The maximum absolute atomic E-state index is 14.0. The molecule has 0 saturated carbocycles. The molecule has 216 valence electrons. The Morgan fingerprint density at radius 2 is 1.71 bits per heavy atom. The smallest absolute Gasteiger partial charge is 0.337 e. The van der Waals surface area contributed by atoms with Crippen molar-refractivity contribution in [3.8, 4) is 11.5 Å². The molecule has 0 radical (unpaired) electrons. The third-order valence-electron chi connectivity index (χ3n) is 6.65. The zero-order chi connectivity index (χ0) is 29.6. The Kier molecular flexibility index (Phi) is 9.18. The third-order valence-corrected chi connectivity index (χ3v) is 6.65. The van der Waals surface area contributed by atoms with Crippen LogP contribution in [-0.2, 0) is 16.0 Å². The molecule has 0 aliphatic carbocycles. The normalized spacial score (nSPS) is 16.4. The van der Waals surface area contributed by atoms with Crippen LogP contribution >= 0.6 is 0 Å². The number of rotatable bonds is 10. The molecule has 2 atom stereocenters. The summed E-state index contributed by atoms with van der Waals surface area (Å²) in [6.07, 6.45) is -1.93. The summed E-state index contributed by atoms with van der Waals surface area (Å²) in [6.45, 7) is 1.31. The average Bonchev–Trinajstić information content (AvgIpc) is 3.32. The van der Waals surface area contributed by atoms with Gasteiger partial charge in [-0.15, -0.1) is 0 Å². The first kappa shape index (κ1) is 29.5. The first-order valence-electron chi connectivity index (χ1n) is 12.9. The Bertz CT molecular complexity index is 1410. The Labute approximate surface area is 236 Å². The van der Waals surface area contributed by atoms with E-state index in [2.05, 4.69) is 20.7 Å². The second-order valence-corrected chi connectivity index (χ2v) is 9.67. The van der Waals surface area contributed by atoms with E-state index in [1.165, 1.54) is 38.5 Å². The molecule has 0 spiro atoms. The summed E-state index contributed by atoms with van der Waals surface area (Å²) in [7, 11) is 2.69. The van der Waals surface area contributed by atoms with Crippen LogP contribution < -0.4 is 25.4 Å². The zero-order valence-electron chi connectivity index (χ0n) is 22.8. The van der Waals surface area contributed by atoms with Gasteiger partial charge in [0.25, 0.3) is 5.92 Å². The van der Waals surface area contributed by atoms with Gasteiger partial charge >= 0.3 is 12.0 Å². The Hall–Kier alpha value is -4.51. The second kappa shape index (κ2) is 12.8. The maximum atomic E-state index is 14.0. The predicted molar refractivity (Wildman–Crippen MR) is 149 cm³/mol. The molecule has 1 saturated heterocycles. The lowest BCUT2D eigenvalue weighted by Gasteiger charge is -2.24. The van der Waals surface area contributed by atoms with Gasteiger partial charge in [-0.05, 0) is 60.5 Å². The lowest BCUT2D eigenvalue weighted by atomic mass is 9.98. The van der Waals surface area contributed by atoms with Crippen LogP contribution in [0.5, 0.6) is 11.5 Å². The number of amides is 2. The highest BCUT2D eigenvalue weighted by Crippen LogP contribution is 2.30. The van der Waals surface area contributed by atoms with Gasteiger partial charge < -0.3 is 30.2 Å². The lowest BCUT2D eigenvalue weighted by molar-refractivity contribution is -0.126.